The third-order valence-electron chi connectivity index (χ3n) is 6.85. The normalized spacial score (nSPS) is 14.4. The maximum absolute atomic E-state index is 13.4. The van der Waals surface area contributed by atoms with E-state index >= 15 is 0 Å². The van der Waals surface area contributed by atoms with Gasteiger partial charge in [-0.3, -0.25) is 9.89 Å². The number of likely N-dealkylation sites (N-methyl/N-ethyl adjacent to an activating group) is 1. The Hall–Kier alpha value is -3.84. The fourth-order valence-electron chi connectivity index (χ4n) is 4.68. The van der Waals surface area contributed by atoms with Gasteiger partial charge in [0.15, 0.2) is 0 Å². The molecule has 2 N–H and O–H groups in total. The highest BCUT2D eigenvalue weighted by Crippen LogP contribution is 2.30. The molecule has 0 spiro atoms. The van der Waals surface area contributed by atoms with Crippen LogP contribution in [0, 0.1) is 6.92 Å². The summed E-state index contributed by atoms with van der Waals surface area (Å²) in [7, 11) is 3.88. The molecule has 1 aliphatic heterocycles. The highest BCUT2D eigenvalue weighted by Gasteiger charge is 2.21. The first-order valence-corrected chi connectivity index (χ1v) is 12.0. The standard InChI is InChI=1S/C28H31N5O2/c1-19-5-4-6-20(15-19)16-25-23-17-24(27(34)18-26(23)30-29-25)28(35)32(3)21-7-9-22(10-8-21)33-13-11-31(2)12-14-33/h4-10,15,17-18,34H,11-14,16H2,1-3H3,(H,29,30). The molecule has 1 saturated heterocycles. The van der Waals surface area contributed by atoms with Gasteiger partial charge in [-0.2, -0.15) is 5.10 Å². The molecule has 5 rings (SSSR count). The van der Waals surface area contributed by atoms with E-state index in [1.165, 1.54) is 5.56 Å². The van der Waals surface area contributed by atoms with Crippen LogP contribution < -0.4 is 9.80 Å². The summed E-state index contributed by atoms with van der Waals surface area (Å²) in [5, 5.41) is 18.9. The van der Waals surface area contributed by atoms with Crippen molar-refractivity contribution in [1.82, 2.24) is 15.1 Å². The largest absolute Gasteiger partial charge is 0.507 e. The van der Waals surface area contributed by atoms with Gasteiger partial charge in [-0.25, -0.2) is 0 Å². The van der Waals surface area contributed by atoms with Gasteiger partial charge in [-0.05, 0) is 49.9 Å². The number of phenols is 1. The smallest absolute Gasteiger partial charge is 0.261 e. The Labute approximate surface area is 205 Å². The van der Waals surface area contributed by atoms with Gasteiger partial charge >= 0.3 is 0 Å². The Morgan fingerprint density at radius 3 is 2.51 bits per heavy atom. The molecule has 0 unspecified atom stereocenters. The van der Waals surface area contributed by atoms with E-state index in [2.05, 4.69) is 64.3 Å². The van der Waals surface area contributed by atoms with Crippen LogP contribution >= 0.6 is 0 Å². The lowest BCUT2D eigenvalue weighted by Crippen LogP contribution is -2.44. The van der Waals surface area contributed by atoms with Crippen LogP contribution in [0.2, 0.25) is 0 Å². The van der Waals surface area contributed by atoms with Crippen LogP contribution in [0.25, 0.3) is 10.9 Å². The zero-order valence-electron chi connectivity index (χ0n) is 20.5. The number of aromatic amines is 1. The summed E-state index contributed by atoms with van der Waals surface area (Å²) in [5.41, 5.74) is 6.09. The molecule has 4 aromatic rings. The van der Waals surface area contributed by atoms with Crippen molar-refractivity contribution in [2.24, 2.45) is 0 Å². The number of carbonyl (C=O) groups excluding carboxylic acids is 1. The molecule has 0 saturated carbocycles. The Morgan fingerprint density at radius 1 is 1.06 bits per heavy atom. The zero-order chi connectivity index (χ0) is 24.5. The average molecular weight is 470 g/mol. The van der Waals surface area contributed by atoms with E-state index in [9.17, 15) is 9.90 Å². The van der Waals surface area contributed by atoms with Crippen LogP contribution in [0.3, 0.4) is 0 Å². The SMILES string of the molecule is Cc1cccc(Cc2n[nH]c3cc(O)c(C(=O)N(C)c4ccc(N5CCN(C)CC5)cc4)cc23)c1. The van der Waals surface area contributed by atoms with Gasteiger partial charge in [0.1, 0.15) is 5.75 Å². The molecular formula is C28H31N5O2. The summed E-state index contributed by atoms with van der Waals surface area (Å²) in [6.45, 7) is 6.14. The molecule has 7 nitrogen and oxygen atoms in total. The second-order valence-corrected chi connectivity index (χ2v) is 9.42. The molecule has 1 fully saturated rings. The number of fused-ring (bicyclic) bond motifs is 1. The number of aromatic nitrogens is 2. The lowest BCUT2D eigenvalue weighted by Gasteiger charge is -2.34. The van der Waals surface area contributed by atoms with Gasteiger partial charge in [0, 0.05) is 62.5 Å². The van der Waals surface area contributed by atoms with Crippen LogP contribution in [0.4, 0.5) is 11.4 Å². The third-order valence-corrected chi connectivity index (χ3v) is 6.85. The number of hydrogen-bond donors (Lipinski definition) is 2. The first kappa shape index (κ1) is 22.9. The molecule has 35 heavy (non-hydrogen) atoms. The van der Waals surface area contributed by atoms with Crippen molar-refractivity contribution in [3.8, 4) is 5.75 Å². The second kappa shape index (κ2) is 9.43. The Morgan fingerprint density at radius 2 is 1.80 bits per heavy atom. The summed E-state index contributed by atoms with van der Waals surface area (Å²) in [4.78, 5) is 19.7. The van der Waals surface area contributed by atoms with Crippen molar-refractivity contribution in [3.63, 3.8) is 0 Å². The van der Waals surface area contributed by atoms with Crippen molar-refractivity contribution in [2.75, 3.05) is 50.1 Å². The van der Waals surface area contributed by atoms with Crippen LogP contribution in [-0.4, -0.2) is 66.4 Å². The molecular weight excluding hydrogens is 438 g/mol. The zero-order valence-corrected chi connectivity index (χ0v) is 20.5. The minimum atomic E-state index is -0.264. The highest BCUT2D eigenvalue weighted by molar-refractivity contribution is 6.09. The summed E-state index contributed by atoms with van der Waals surface area (Å²) >= 11 is 0. The topological polar surface area (TPSA) is 75.7 Å². The van der Waals surface area contributed by atoms with Crippen LogP contribution in [0.1, 0.15) is 27.2 Å². The minimum Gasteiger partial charge on any atom is -0.507 e. The Bertz CT molecular complexity index is 1350. The lowest BCUT2D eigenvalue weighted by atomic mass is 10.0. The summed E-state index contributed by atoms with van der Waals surface area (Å²) in [6.07, 6.45) is 0.643. The molecule has 1 amide bonds. The highest BCUT2D eigenvalue weighted by atomic mass is 16.3. The molecule has 1 aromatic heterocycles. The number of aromatic hydroxyl groups is 1. The summed E-state index contributed by atoms with van der Waals surface area (Å²) in [5.74, 6) is -0.325. The van der Waals surface area contributed by atoms with Crippen molar-refractivity contribution in [3.05, 3.63) is 83.0 Å². The molecule has 3 aromatic carbocycles. The van der Waals surface area contributed by atoms with E-state index in [4.69, 9.17) is 0 Å². The van der Waals surface area contributed by atoms with Gasteiger partial charge in [-0.1, -0.05) is 29.8 Å². The van der Waals surface area contributed by atoms with E-state index in [0.717, 1.165) is 54.2 Å². The van der Waals surface area contributed by atoms with E-state index in [-0.39, 0.29) is 17.2 Å². The number of amides is 1. The van der Waals surface area contributed by atoms with E-state index in [0.29, 0.717) is 11.9 Å². The minimum absolute atomic E-state index is 0.0610. The molecule has 0 atom stereocenters. The number of nitrogens with zero attached hydrogens (tertiary/aromatic N) is 4. The Kier molecular flexibility index (Phi) is 6.17. The Balaban J connectivity index is 1.38. The third kappa shape index (κ3) is 4.72. The maximum atomic E-state index is 13.4. The van der Waals surface area contributed by atoms with Gasteiger partial charge < -0.3 is 19.8 Å². The number of H-pyrrole nitrogens is 1. The van der Waals surface area contributed by atoms with E-state index < -0.39 is 0 Å². The van der Waals surface area contributed by atoms with E-state index in [1.807, 2.05) is 18.2 Å². The number of benzene rings is 3. The summed E-state index contributed by atoms with van der Waals surface area (Å²) < 4.78 is 0. The maximum Gasteiger partial charge on any atom is 0.261 e. The number of aryl methyl sites for hydroxylation is 1. The monoisotopic (exact) mass is 469 g/mol. The van der Waals surface area contributed by atoms with Crippen LogP contribution in [0.15, 0.2) is 60.7 Å². The predicted molar refractivity (Wildman–Crippen MR) is 141 cm³/mol. The number of phenolic OH excluding ortho intramolecular Hbond substituents is 1. The molecule has 180 valence electrons. The fraction of sp³-hybridized carbons (Fsp3) is 0.286. The van der Waals surface area contributed by atoms with Gasteiger partial charge in [0.2, 0.25) is 0 Å². The second-order valence-electron chi connectivity index (χ2n) is 9.42. The first-order valence-electron chi connectivity index (χ1n) is 12.0. The van der Waals surface area contributed by atoms with Crippen LogP contribution in [0.5, 0.6) is 5.75 Å². The van der Waals surface area contributed by atoms with E-state index in [1.54, 1.807) is 24.1 Å². The molecule has 1 aliphatic rings. The molecule has 0 bridgehead atoms. The van der Waals surface area contributed by atoms with Gasteiger partial charge in [0.25, 0.3) is 5.91 Å². The first-order chi connectivity index (χ1) is 16.9. The number of rotatable bonds is 5. The number of hydrogen-bond acceptors (Lipinski definition) is 5. The number of piperazine rings is 1. The van der Waals surface area contributed by atoms with Crippen LogP contribution in [-0.2, 0) is 6.42 Å². The van der Waals surface area contributed by atoms with Crippen molar-refractivity contribution in [1.29, 1.82) is 0 Å². The summed E-state index contributed by atoms with van der Waals surface area (Å²) in [6, 6.07) is 19.7. The number of carbonyl (C=O) groups is 1. The van der Waals surface area contributed by atoms with Crippen molar-refractivity contribution >= 4 is 28.2 Å². The fourth-order valence-corrected chi connectivity index (χ4v) is 4.68. The van der Waals surface area contributed by atoms with Gasteiger partial charge in [0.05, 0.1) is 16.8 Å². The number of nitrogens with one attached hydrogen (secondary N) is 1. The molecule has 7 heteroatoms. The average Bonchev–Trinajstić information content (AvgIpc) is 3.24. The molecule has 0 radical (unpaired) electrons. The quantitative estimate of drug-likeness (QED) is 0.458. The number of anilines is 2. The lowest BCUT2D eigenvalue weighted by molar-refractivity contribution is 0.0990. The van der Waals surface area contributed by atoms with Gasteiger partial charge in [-0.15, -0.1) is 0 Å². The molecule has 2 heterocycles. The van der Waals surface area contributed by atoms with Crippen molar-refractivity contribution in [2.45, 2.75) is 13.3 Å². The predicted octanol–water partition coefficient (Wildman–Crippen LogP) is 4.20. The van der Waals surface area contributed by atoms with Crippen molar-refractivity contribution < 1.29 is 9.90 Å². The molecule has 0 aliphatic carbocycles.